The van der Waals surface area contributed by atoms with E-state index in [-0.39, 0.29) is 27.7 Å². The molecule has 8 nitrogen and oxygen atoms in total. The Bertz CT molecular complexity index is 1190. The van der Waals surface area contributed by atoms with Gasteiger partial charge in [0.2, 0.25) is 5.91 Å². The molecule has 1 fully saturated rings. The summed E-state index contributed by atoms with van der Waals surface area (Å²) in [5, 5.41) is 2.60. The maximum absolute atomic E-state index is 13.0. The van der Waals surface area contributed by atoms with Gasteiger partial charge in [-0.1, -0.05) is 24.3 Å². The highest BCUT2D eigenvalue weighted by molar-refractivity contribution is 7.91. The monoisotopic (exact) mass is 450 g/mol. The predicted molar refractivity (Wildman–Crippen MR) is 110 cm³/mol. The van der Waals surface area contributed by atoms with Crippen molar-refractivity contribution in [2.24, 2.45) is 0 Å². The van der Waals surface area contributed by atoms with Crippen LogP contribution in [0.15, 0.2) is 58.3 Å². The van der Waals surface area contributed by atoms with E-state index in [1.165, 1.54) is 34.3 Å². The van der Waals surface area contributed by atoms with Gasteiger partial charge in [-0.25, -0.2) is 21.8 Å². The van der Waals surface area contributed by atoms with Crippen molar-refractivity contribution >= 4 is 31.5 Å². The Morgan fingerprint density at radius 2 is 1.43 bits per heavy atom. The van der Waals surface area contributed by atoms with Gasteiger partial charge in [-0.05, 0) is 36.2 Å². The third-order valence-electron chi connectivity index (χ3n) is 4.78. The lowest BCUT2D eigenvalue weighted by atomic mass is 10.1. The Labute approximate surface area is 175 Å². The molecule has 2 amide bonds. The topological polar surface area (TPSA) is 109 Å². The first-order valence-electron chi connectivity index (χ1n) is 9.19. The van der Waals surface area contributed by atoms with Gasteiger partial charge in [0.15, 0.2) is 19.7 Å². The smallest absolute Gasteiger partial charge is 0.273 e. The zero-order valence-electron chi connectivity index (χ0n) is 16.6. The normalized spacial score (nSPS) is 14.7. The highest BCUT2D eigenvalue weighted by Crippen LogP contribution is 2.22. The van der Waals surface area contributed by atoms with E-state index < -0.39 is 25.6 Å². The fourth-order valence-electron chi connectivity index (χ4n) is 3.31. The number of hydrazine groups is 1. The number of carbonyl (C=O) groups is 2. The minimum atomic E-state index is -3.61. The summed E-state index contributed by atoms with van der Waals surface area (Å²) in [7, 11) is -6.94. The highest BCUT2D eigenvalue weighted by Gasteiger charge is 2.33. The van der Waals surface area contributed by atoms with Crippen LogP contribution in [-0.2, 0) is 30.9 Å². The molecule has 1 saturated heterocycles. The van der Waals surface area contributed by atoms with Crippen molar-refractivity contribution in [2.75, 3.05) is 25.6 Å². The molecule has 0 aromatic heterocycles. The highest BCUT2D eigenvalue weighted by atomic mass is 32.2. The van der Waals surface area contributed by atoms with Crippen molar-refractivity contribution in [1.29, 1.82) is 0 Å². The molecule has 0 radical (unpaired) electrons. The van der Waals surface area contributed by atoms with Crippen LogP contribution in [0.1, 0.15) is 22.3 Å². The molecule has 0 atom stereocenters. The fraction of sp³-hybridized carbons (Fsp3) is 0.300. The molecule has 3 rings (SSSR count). The van der Waals surface area contributed by atoms with Crippen molar-refractivity contribution in [2.45, 2.75) is 22.6 Å². The first kappa shape index (κ1) is 22.0. The lowest BCUT2D eigenvalue weighted by Gasteiger charge is -2.28. The second-order valence-electron chi connectivity index (χ2n) is 7.16. The second-order valence-corrected chi connectivity index (χ2v) is 11.2. The van der Waals surface area contributed by atoms with Gasteiger partial charge in [-0.3, -0.25) is 14.6 Å². The van der Waals surface area contributed by atoms with Gasteiger partial charge in [-0.2, -0.15) is 0 Å². The zero-order valence-corrected chi connectivity index (χ0v) is 18.2. The van der Waals surface area contributed by atoms with Crippen LogP contribution in [-0.4, -0.2) is 64.3 Å². The third-order valence-corrected chi connectivity index (χ3v) is 7.06. The van der Waals surface area contributed by atoms with Gasteiger partial charge in [0.1, 0.15) is 0 Å². The second kappa shape index (κ2) is 8.19. The number of sulfone groups is 2. The van der Waals surface area contributed by atoms with Gasteiger partial charge in [0.05, 0.1) is 21.8 Å². The van der Waals surface area contributed by atoms with Gasteiger partial charge < -0.3 is 0 Å². The number of benzene rings is 2. The van der Waals surface area contributed by atoms with Crippen LogP contribution in [0.4, 0.5) is 0 Å². The summed E-state index contributed by atoms with van der Waals surface area (Å²) in [6.07, 6.45) is 2.70. The van der Waals surface area contributed by atoms with Crippen molar-refractivity contribution < 1.29 is 26.4 Å². The van der Waals surface area contributed by atoms with E-state index in [4.69, 9.17) is 0 Å². The average molecular weight is 451 g/mol. The van der Waals surface area contributed by atoms with Crippen molar-refractivity contribution in [3.8, 4) is 0 Å². The molecule has 2 aromatic rings. The summed E-state index contributed by atoms with van der Waals surface area (Å²) in [6.45, 7) is 0.642. The molecule has 2 aromatic carbocycles. The number of nitrogens with zero attached hydrogens (tertiary/aromatic N) is 2. The Balaban J connectivity index is 1.81. The van der Waals surface area contributed by atoms with E-state index in [2.05, 4.69) is 0 Å². The van der Waals surface area contributed by atoms with Crippen LogP contribution in [0.5, 0.6) is 0 Å². The minimum absolute atomic E-state index is 0.0124. The summed E-state index contributed by atoms with van der Waals surface area (Å²) >= 11 is 0. The molecule has 160 valence electrons. The van der Waals surface area contributed by atoms with Crippen LogP contribution in [0, 0.1) is 0 Å². The lowest BCUT2D eigenvalue weighted by molar-refractivity contribution is -0.139. The van der Waals surface area contributed by atoms with Crippen molar-refractivity contribution in [3.05, 3.63) is 59.7 Å². The number of rotatable bonds is 5. The molecular formula is C20H22N2O6S2. The summed E-state index contributed by atoms with van der Waals surface area (Å²) in [4.78, 5) is 25.9. The largest absolute Gasteiger partial charge is 0.273 e. The van der Waals surface area contributed by atoms with E-state index in [1.54, 1.807) is 24.3 Å². The van der Waals surface area contributed by atoms with Crippen LogP contribution in [0.3, 0.4) is 0 Å². The van der Waals surface area contributed by atoms with E-state index in [0.717, 1.165) is 12.5 Å². The van der Waals surface area contributed by atoms with Crippen LogP contribution >= 0.6 is 0 Å². The molecule has 0 N–H and O–H groups in total. The van der Waals surface area contributed by atoms with Gasteiger partial charge in [0, 0.05) is 25.6 Å². The molecule has 0 aliphatic carbocycles. The Morgan fingerprint density at radius 1 is 0.833 bits per heavy atom. The number of amides is 2. The SMILES string of the molecule is CS(=O)(=O)c1ccc(CC(=O)N2CCCN2C(=O)c2ccccc2S(C)(=O)=O)cc1. The van der Waals surface area contributed by atoms with Crippen molar-refractivity contribution in [1.82, 2.24) is 10.0 Å². The maximum atomic E-state index is 13.0. The number of carbonyl (C=O) groups excluding carboxylic acids is 2. The van der Waals surface area contributed by atoms with Crippen LogP contribution in [0.25, 0.3) is 0 Å². The Hall–Kier alpha value is -2.72. The van der Waals surface area contributed by atoms with E-state index in [1.807, 2.05) is 0 Å². The first-order valence-corrected chi connectivity index (χ1v) is 13.0. The summed E-state index contributed by atoms with van der Waals surface area (Å²) in [5.41, 5.74) is 0.639. The third kappa shape index (κ3) is 4.71. The Morgan fingerprint density at radius 3 is 2.03 bits per heavy atom. The molecule has 10 heteroatoms. The van der Waals surface area contributed by atoms with E-state index in [0.29, 0.717) is 25.1 Å². The summed E-state index contributed by atoms with van der Waals surface area (Å²) < 4.78 is 47.2. The minimum Gasteiger partial charge on any atom is -0.273 e. The quantitative estimate of drug-likeness (QED) is 0.680. The average Bonchev–Trinajstić information content (AvgIpc) is 3.16. The molecule has 0 bridgehead atoms. The number of hydrogen-bond donors (Lipinski definition) is 0. The zero-order chi connectivity index (χ0) is 22.1. The Kier molecular flexibility index (Phi) is 6.00. The van der Waals surface area contributed by atoms with Crippen LogP contribution in [0.2, 0.25) is 0 Å². The first-order chi connectivity index (χ1) is 14.0. The molecule has 1 heterocycles. The van der Waals surface area contributed by atoms with Crippen molar-refractivity contribution in [3.63, 3.8) is 0 Å². The van der Waals surface area contributed by atoms with Gasteiger partial charge in [0.25, 0.3) is 5.91 Å². The summed E-state index contributed by atoms with van der Waals surface area (Å²) in [5.74, 6) is -0.876. The van der Waals surface area contributed by atoms with Gasteiger partial charge in [-0.15, -0.1) is 0 Å². The molecular weight excluding hydrogens is 428 g/mol. The summed E-state index contributed by atoms with van der Waals surface area (Å²) in [6, 6.07) is 11.9. The fourth-order valence-corrected chi connectivity index (χ4v) is 4.82. The molecule has 30 heavy (non-hydrogen) atoms. The molecule has 0 spiro atoms. The van der Waals surface area contributed by atoms with E-state index in [9.17, 15) is 26.4 Å². The maximum Gasteiger partial charge on any atom is 0.273 e. The van der Waals surface area contributed by atoms with E-state index >= 15 is 0 Å². The molecule has 1 aliphatic rings. The standard InChI is InChI=1S/C20H22N2O6S2/c1-29(25,26)16-10-8-15(9-11-16)14-19(23)21-12-5-13-22(21)20(24)17-6-3-4-7-18(17)30(2,27)28/h3-4,6-11H,5,12-14H2,1-2H3. The number of hydrogen-bond acceptors (Lipinski definition) is 6. The van der Waals surface area contributed by atoms with Crippen LogP contribution < -0.4 is 0 Å². The molecule has 1 aliphatic heterocycles. The molecule has 0 unspecified atom stereocenters. The van der Waals surface area contributed by atoms with Gasteiger partial charge >= 0.3 is 0 Å². The predicted octanol–water partition coefficient (Wildman–Crippen LogP) is 1.33. The lowest BCUT2D eigenvalue weighted by Crippen LogP contribution is -2.45. The molecule has 0 saturated carbocycles.